The Balaban J connectivity index is 1.34. The Kier molecular flexibility index (Phi) is 6.87. The summed E-state index contributed by atoms with van der Waals surface area (Å²) in [5.74, 6) is 0.0426. The van der Waals surface area contributed by atoms with E-state index in [1.54, 1.807) is 24.7 Å². The molecule has 36 heavy (non-hydrogen) atoms. The van der Waals surface area contributed by atoms with Crippen molar-refractivity contribution in [3.05, 3.63) is 78.1 Å². The van der Waals surface area contributed by atoms with E-state index in [1.165, 1.54) is 12.1 Å². The van der Waals surface area contributed by atoms with Crippen LogP contribution in [0, 0.1) is 11.7 Å². The summed E-state index contributed by atoms with van der Waals surface area (Å²) in [5.41, 5.74) is 3.51. The number of amides is 2. The Morgan fingerprint density at radius 2 is 1.92 bits per heavy atom. The molecule has 8 heteroatoms. The Morgan fingerprint density at radius 1 is 1.14 bits per heavy atom. The third-order valence-electron chi connectivity index (χ3n) is 7.55. The summed E-state index contributed by atoms with van der Waals surface area (Å²) in [5, 5.41) is 2.89. The van der Waals surface area contributed by atoms with E-state index in [1.807, 2.05) is 33.7 Å². The van der Waals surface area contributed by atoms with Crippen LogP contribution in [0.3, 0.4) is 0 Å². The topological polar surface area (TPSA) is 70.5 Å². The number of carbonyl (C=O) groups excluding carboxylic acids is 2. The Labute approximate surface area is 210 Å². The van der Waals surface area contributed by atoms with E-state index in [0.29, 0.717) is 37.9 Å². The van der Waals surface area contributed by atoms with E-state index in [0.717, 1.165) is 29.7 Å². The molecule has 2 fully saturated rings. The van der Waals surface area contributed by atoms with Gasteiger partial charge in [0.05, 0.1) is 25.1 Å². The number of nitrogens with one attached hydrogen (secondary N) is 1. The van der Waals surface area contributed by atoms with Gasteiger partial charge in [-0.1, -0.05) is 43.3 Å². The number of nitrogens with zero attached hydrogens (tertiary/aromatic N) is 4. The molecule has 0 spiro atoms. The number of likely N-dealkylation sites (tertiary alicyclic amines) is 1. The van der Waals surface area contributed by atoms with Crippen molar-refractivity contribution in [2.45, 2.75) is 32.4 Å². The average molecular weight is 490 g/mol. The largest absolute Gasteiger partial charge is 0.354 e. The minimum absolute atomic E-state index is 0.0275. The fourth-order valence-corrected chi connectivity index (χ4v) is 5.65. The van der Waals surface area contributed by atoms with Crippen molar-refractivity contribution in [1.82, 2.24) is 24.7 Å². The minimum atomic E-state index is -0.270. The second-order valence-corrected chi connectivity index (χ2v) is 9.86. The lowest BCUT2D eigenvalue weighted by atomic mass is 9.91. The van der Waals surface area contributed by atoms with Crippen LogP contribution in [0.4, 0.5) is 4.39 Å². The first kappa shape index (κ1) is 24.2. The zero-order chi connectivity index (χ0) is 25.2. The summed E-state index contributed by atoms with van der Waals surface area (Å²) in [6, 6.07) is 14.6. The van der Waals surface area contributed by atoms with Crippen molar-refractivity contribution >= 4 is 11.8 Å². The molecule has 3 atom stereocenters. The van der Waals surface area contributed by atoms with Crippen molar-refractivity contribution < 1.29 is 14.0 Å². The monoisotopic (exact) mass is 489 g/mol. The Morgan fingerprint density at radius 3 is 2.67 bits per heavy atom. The molecule has 2 saturated heterocycles. The molecule has 2 aliphatic rings. The van der Waals surface area contributed by atoms with Crippen LogP contribution in [-0.4, -0.2) is 69.9 Å². The van der Waals surface area contributed by atoms with Gasteiger partial charge in [0.25, 0.3) is 5.91 Å². The molecule has 7 nitrogen and oxygen atoms in total. The van der Waals surface area contributed by atoms with Gasteiger partial charge in [0.1, 0.15) is 11.5 Å². The fourth-order valence-electron chi connectivity index (χ4n) is 5.65. The van der Waals surface area contributed by atoms with Gasteiger partial charge < -0.3 is 14.8 Å². The highest BCUT2D eigenvalue weighted by Crippen LogP contribution is 2.32. The molecule has 2 aromatic carbocycles. The summed E-state index contributed by atoms with van der Waals surface area (Å²) in [6.07, 6.45) is 4.20. The van der Waals surface area contributed by atoms with Gasteiger partial charge in [-0.05, 0) is 48.1 Å². The molecule has 0 bridgehead atoms. The number of piperidine rings is 1. The molecule has 3 heterocycles. The number of benzene rings is 2. The van der Waals surface area contributed by atoms with Gasteiger partial charge in [0.2, 0.25) is 5.91 Å². The fraction of sp³-hybridized carbons (Fsp3) is 0.393. The van der Waals surface area contributed by atoms with E-state index in [2.05, 4.69) is 29.0 Å². The maximum Gasteiger partial charge on any atom is 0.272 e. The number of halogens is 1. The van der Waals surface area contributed by atoms with Crippen molar-refractivity contribution in [3.8, 4) is 11.1 Å². The smallest absolute Gasteiger partial charge is 0.272 e. The molecule has 0 radical (unpaired) electrons. The number of rotatable bonds is 5. The molecule has 3 aromatic rings. The van der Waals surface area contributed by atoms with E-state index in [-0.39, 0.29) is 29.6 Å². The summed E-state index contributed by atoms with van der Waals surface area (Å²) in [6.45, 7) is 7.48. The molecule has 2 amide bonds. The predicted molar refractivity (Wildman–Crippen MR) is 136 cm³/mol. The van der Waals surface area contributed by atoms with Crippen molar-refractivity contribution in [1.29, 1.82) is 0 Å². The number of aromatic nitrogens is 2. The molecular weight excluding hydrogens is 457 g/mol. The van der Waals surface area contributed by atoms with Crippen LogP contribution in [0.5, 0.6) is 0 Å². The van der Waals surface area contributed by atoms with E-state index in [9.17, 15) is 14.0 Å². The van der Waals surface area contributed by atoms with Gasteiger partial charge in [-0.3, -0.25) is 14.5 Å². The first-order valence-corrected chi connectivity index (χ1v) is 12.6. The number of carbonyl (C=O) groups is 2. The highest BCUT2D eigenvalue weighted by Gasteiger charge is 2.35. The van der Waals surface area contributed by atoms with Crippen LogP contribution < -0.4 is 5.32 Å². The number of hydrogen-bond donors (Lipinski definition) is 1. The standard InChI is InChI=1S/C28H32FN5O2/c1-19-16-33(13-11-25(19)32-14-12-31-27(35)17-32)28(36)26-15-30-18-34(26)20(2)23-5-3-4-6-24(23)21-7-9-22(29)10-8-21/h3-10,15,18-20,25H,11-14,16-17H2,1-2H3,(H,31,35)/t19-,20-,25?/m0/s1. The summed E-state index contributed by atoms with van der Waals surface area (Å²) >= 11 is 0. The molecule has 1 N–H and O–H groups in total. The third-order valence-corrected chi connectivity index (χ3v) is 7.55. The summed E-state index contributed by atoms with van der Waals surface area (Å²) in [7, 11) is 0. The van der Waals surface area contributed by atoms with Gasteiger partial charge in [0, 0.05) is 32.2 Å². The van der Waals surface area contributed by atoms with Crippen LogP contribution in [0.1, 0.15) is 42.4 Å². The SMILES string of the molecule is C[C@H]1CN(C(=O)c2cncn2[C@@H](C)c2ccccc2-c2ccc(F)cc2)CCC1N1CCNC(=O)C1. The van der Waals surface area contributed by atoms with E-state index in [4.69, 9.17) is 0 Å². The van der Waals surface area contributed by atoms with Crippen LogP contribution in [0.15, 0.2) is 61.1 Å². The van der Waals surface area contributed by atoms with E-state index >= 15 is 0 Å². The van der Waals surface area contributed by atoms with Crippen LogP contribution in [-0.2, 0) is 4.79 Å². The summed E-state index contributed by atoms with van der Waals surface area (Å²) in [4.78, 5) is 34.0. The lowest BCUT2D eigenvalue weighted by molar-refractivity contribution is -0.125. The molecule has 188 valence electrons. The zero-order valence-electron chi connectivity index (χ0n) is 20.7. The van der Waals surface area contributed by atoms with Gasteiger partial charge in [0.15, 0.2) is 0 Å². The molecule has 2 aliphatic heterocycles. The Bertz CT molecular complexity index is 1240. The molecule has 1 unspecified atom stereocenters. The van der Waals surface area contributed by atoms with Crippen LogP contribution in [0.2, 0.25) is 0 Å². The molecule has 5 rings (SSSR count). The molecule has 1 aromatic heterocycles. The van der Waals surface area contributed by atoms with Gasteiger partial charge >= 0.3 is 0 Å². The quantitative estimate of drug-likeness (QED) is 0.595. The highest BCUT2D eigenvalue weighted by molar-refractivity contribution is 5.92. The summed E-state index contributed by atoms with van der Waals surface area (Å²) < 4.78 is 15.4. The number of hydrogen-bond acceptors (Lipinski definition) is 4. The van der Waals surface area contributed by atoms with Gasteiger partial charge in [-0.25, -0.2) is 9.37 Å². The molecular formula is C28H32FN5O2. The lowest BCUT2D eigenvalue weighted by Crippen LogP contribution is -2.57. The minimum Gasteiger partial charge on any atom is -0.354 e. The van der Waals surface area contributed by atoms with Crippen molar-refractivity contribution in [3.63, 3.8) is 0 Å². The first-order chi connectivity index (χ1) is 17.4. The second-order valence-electron chi connectivity index (χ2n) is 9.86. The first-order valence-electron chi connectivity index (χ1n) is 12.6. The molecule has 0 aliphatic carbocycles. The zero-order valence-corrected chi connectivity index (χ0v) is 20.7. The normalized spacial score (nSPS) is 21.8. The van der Waals surface area contributed by atoms with Crippen molar-refractivity contribution in [2.75, 3.05) is 32.7 Å². The maximum atomic E-state index is 13.6. The second kappa shape index (κ2) is 10.2. The predicted octanol–water partition coefficient (Wildman–Crippen LogP) is 3.58. The lowest BCUT2D eigenvalue weighted by Gasteiger charge is -2.43. The molecule has 0 saturated carbocycles. The van der Waals surface area contributed by atoms with Crippen LogP contribution >= 0.6 is 0 Å². The van der Waals surface area contributed by atoms with E-state index < -0.39 is 0 Å². The maximum absolute atomic E-state index is 13.6. The average Bonchev–Trinajstić information content (AvgIpc) is 3.38. The van der Waals surface area contributed by atoms with Crippen LogP contribution in [0.25, 0.3) is 11.1 Å². The van der Waals surface area contributed by atoms with Crippen molar-refractivity contribution in [2.24, 2.45) is 5.92 Å². The van der Waals surface area contributed by atoms with Gasteiger partial charge in [-0.2, -0.15) is 0 Å². The number of imidazole rings is 1. The highest BCUT2D eigenvalue weighted by atomic mass is 19.1. The number of piperazine rings is 1. The third kappa shape index (κ3) is 4.78. The Hall–Kier alpha value is -3.52. The van der Waals surface area contributed by atoms with Gasteiger partial charge in [-0.15, -0.1) is 0 Å².